The molecule has 135 valence electrons. The van der Waals surface area contributed by atoms with Crippen LogP contribution in [-0.2, 0) is 17.7 Å². The molecule has 0 spiro atoms. The molecule has 1 aromatic heterocycles. The fraction of sp³-hybridized carbons (Fsp3) is 0.300. The number of alkyl halides is 3. The number of benzene rings is 2. The summed E-state index contributed by atoms with van der Waals surface area (Å²) in [6.07, 6.45) is 0.694. The summed E-state index contributed by atoms with van der Waals surface area (Å²) in [6.45, 7) is 1.44. The van der Waals surface area contributed by atoms with Crippen molar-refractivity contribution in [2.75, 3.05) is 0 Å². The van der Waals surface area contributed by atoms with Gasteiger partial charge in [-0.3, -0.25) is 5.11 Å². The van der Waals surface area contributed by atoms with E-state index in [4.69, 9.17) is 4.74 Å². The van der Waals surface area contributed by atoms with E-state index >= 15 is 0 Å². The summed E-state index contributed by atoms with van der Waals surface area (Å²) >= 11 is 0. The van der Waals surface area contributed by atoms with Gasteiger partial charge in [0.05, 0.1) is 0 Å². The van der Waals surface area contributed by atoms with E-state index in [1.165, 1.54) is 19.8 Å². The molecule has 1 heterocycles. The molecule has 0 saturated heterocycles. The van der Waals surface area contributed by atoms with Crippen LogP contribution in [0.5, 0.6) is 17.2 Å². The number of aryl methyl sites for hydroxylation is 1. The van der Waals surface area contributed by atoms with Gasteiger partial charge in [0.1, 0.15) is 17.1 Å². The number of aromatic amines is 1. The average Bonchev–Trinajstić information content (AvgIpc) is 3.29. The maximum Gasteiger partial charge on any atom is 0.420 e. The van der Waals surface area contributed by atoms with Crippen LogP contribution in [0.25, 0.3) is 10.9 Å². The fourth-order valence-corrected chi connectivity index (χ4v) is 3.23. The number of ether oxygens (including phenoxy) is 1. The van der Waals surface area contributed by atoms with Crippen molar-refractivity contribution < 1.29 is 23.0 Å². The summed E-state index contributed by atoms with van der Waals surface area (Å²) in [5.41, 5.74) is 1.19. The summed E-state index contributed by atoms with van der Waals surface area (Å²) in [5.74, 6) is 0.00866. The van der Waals surface area contributed by atoms with Crippen molar-refractivity contribution in [3.8, 4) is 17.2 Å². The van der Waals surface area contributed by atoms with Gasteiger partial charge in [-0.15, -0.1) is 0 Å². The van der Waals surface area contributed by atoms with Crippen molar-refractivity contribution in [3.05, 3.63) is 53.2 Å². The summed E-state index contributed by atoms with van der Waals surface area (Å²) in [5, 5.41) is 12.5. The highest BCUT2D eigenvalue weighted by molar-refractivity contribution is 5.84. The van der Waals surface area contributed by atoms with Crippen molar-refractivity contribution in [1.82, 2.24) is 4.98 Å². The number of rotatable bonds is 4. The van der Waals surface area contributed by atoms with Gasteiger partial charge in [0.25, 0.3) is 0 Å². The van der Waals surface area contributed by atoms with E-state index in [2.05, 4.69) is 4.98 Å². The standard InChI is InChI=1S/C20H17F3NO2/c1-11-6-14(25)8-17(20(21,22)23)19(11)26-15-4-5-18-16(9-15)13(10-24-18)7-12-2-3-12/h4-6,8-10,12,24H,2-3,7H2,1H3. The summed E-state index contributed by atoms with van der Waals surface area (Å²) in [6, 6.07) is 6.91. The molecule has 3 aromatic rings. The van der Waals surface area contributed by atoms with E-state index in [9.17, 15) is 18.3 Å². The number of hydrogen-bond acceptors (Lipinski definition) is 1. The van der Waals surface area contributed by atoms with Crippen LogP contribution in [-0.4, -0.2) is 4.98 Å². The summed E-state index contributed by atoms with van der Waals surface area (Å²) in [4.78, 5) is 3.19. The number of halogens is 3. The molecule has 0 amide bonds. The average molecular weight is 360 g/mol. The molecular weight excluding hydrogens is 343 g/mol. The molecule has 0 aliphatic heterocycles. The molecule has 6 heteroatoms. The van der Waals surface area contributed by atoms with Gasteiger partial charge >= 0.3 is 6.18 Å². The highest BCUT2D eigenvalue weighted by Crippen LogP contribution is 2.43. The van der Waals surface area contributed by atoms with Crippen molar-refractivity contribution in [3.63, 3.8) is 0 Å². The Morgan fingerprint density at radius 3 is 2.65 bits per heavy atom. The predicted molar refractivity (Wildman–Crippen MR) is 91.1 cm³/mol. The smallest absolute Gasteiger partial charge is 0.420 e. The number of H-pyrrole nitrogens is 1. The third kappa shape index (κ3) is 3.23. The van der Waals surface area contributed by atoms with Crippen LogP contribution in [0.2, 0.25) is 0 Å². The molecule has 1 saturated carbocycles. The maximum atomic E-state index is 13.3. The van der Waals surface area contributed by atoms with Crippen molar-refractivity contribution in [2.24, 2.45) is 5.92 Å². The maximum absolute atomic E-state index is 13.3. The Morgan fingerprint density at radius 2 is 1.96 bits per heavy atom. The Morgan fingerprint density at radius 1 is 1.19 bits per heavy atom. The van der Waals surface area contributed by atoms with Crippen molar-refractivity contribution >= 4 is 10.9 Å². The highest BCUT2D eigenvalue weighted by atomic mass is 19.4. The van der Waals surface area contributed by atoms with E-state index in [0.29, 0.717) is 17.7 Å². The highest BCUT2D eigenvalue weighted by Gasteiger charge is 2.36. The zero-order valence-electron chi connectivity index (χ0n) is 14.1. The zero-order chi connectivity index (χ0) is 18.5. The molecule has 3 nitrogen and oxygen atoms in total. The van der Waals surface area contributed by atoms with Crippen LogP contribution < -0.4 is 4.74 Å². The normalized spacial score (nSPS) is 14.8. The first kappa shape index (κ1) is 16.8. The lowest BCUT2D eigenvalue weighted by Gasteiger charge is -2.16. The zero-order valence-corrected chi connectivity index (χ0v) is 14.1. The summed E-state index contributed by atoms with van der Waals surface area (Å²) < 4.78 is 45.5. The summed E-state index contributed by atoms with van der Waals surface area (Å²) in [7, 11) is 0. The fourth-order valence-electron chi connectivity index (χ4n) is 3.23. The van der Waals surface area contributed by atoms with Crippen LogP contribution in [0.3, 0.4) is 0 Å². The first-order valence-corrected chi connectivity index (χ1v) is 8.48. The lowest BCUT2D eigenvalue weighted by molar-refractivity contribution is -0.138. The minimum Gasteiger partial charge on any atom is -0.456 e. The van der Waals surface area contributed by atoms with Gasteiger partial charge in [0.2, 0.25) is 0 Å². The van der Waals surface area contributed by atoms with Crippen LogP contribution in [0.1, 0.15) is 29.5 Å². The van der Waals surface area contributed by atoms with Crippen molar-refractivity contribution in [2.45, 2.75) is 32.4 Å². The largest absolute Gasteiger partial charge is 0.456 e. The monoisotopic (exact) mass is 360 g/mol. The predicted octanol–water partition coefficient (Wildman–Crippen LogP) is 6.38. The van der Waals surface area contributed by atoms with E-state index in [1.807, 2.05) is 6.20 Å². The number of hydrogen-bond donors (Lipinski definition) is 1. The molecular formula is C20H17F3NO2. The molecule has 0 unspecified atom stereocenters. The number of fused-ring (bicyclic) bond motifs is 1. The van der Waals surface area contributed by atoms with E-state index in [-0.39, 0.29) is 11.3 Å². The van der Waals surface area contributed by atoms with Crippen LogP contribution in [0.15, 0.2) is 36.5 Å². The first-order valence-electron chi connectivity index (χ1n) is 8.48. The molecule has 4 rings (SSSR count). The molecule has 26 heavy (non-hydrogen) atoms. The minimum atomic E-state index is -4.66. The molecule has 1 aliphatic rings. The van der Waals surface area contributed by atoms with Crippen LogP contribution in [0.4, 0.5) is 13.2 Å². The lowest BCUT2D eigenvalue weighted by atomic mass is 10.1. The van der Waals surface area contributed by atoms with Gasteiger partial charge < -0.3 is 9.72 Å². The van der Waals surface area contributed by atoms with Gasteiger partial charge in [-0.1, -0.05) is 0 Å². The quantitative estimate of drug-likeness (QED) is 0.576. The first-order chi connectivity index (χ1) is 12.3. The van der Waals surface area contributed by atoms with Crippen molar-refractivity contribution in [1.29, 1.82) is 0 Å². The van der Waals surface area contributed by atoms with Gasteiger partial charge in [-0.25, -0.2) is 0 Å². The molecule has 1 N–H and O–H groups in total. The Hall–Kier alpha value is -2.63. The molecule has 1 fully saturated rings. The number of nitrogens with one attached hydrogen (secondary N) is 1. The molecule has 2 aromatic carbocycles. The van der Waals surface area contributed by atoms with Crippen LogP contribution >= 0.6 is 0 Å². The SMILES string of the molecule is Cc1cc([O])cc(C(F)(F)F)c1Oc1ccc2[nH]cc(CC3CC3)c2c1. The Labute approximate surface area is 148 Å². The Bertz CT molecular complexity index is 971. The molecule has 1 aliphatic carbocycles. The number of aromatic nitrogens is 1. The van der Waals surface area contributed by atoms with Gasteiger partial charge in [0, 0.05) is 23.2 Å². The van der Waals surface area contributed by atoms with E-state index < -0.39 is 17.5 Å². The minimum absolute atomic E-state index is 0.164. The lowest BCUT2D eigenvalue weighted by Crippen LogP contribution is -2.08. The molecule has 0 atom stereocenters. The van der Waals surface area contributed by atoms with Gasteiger partial charge in [-0.2, -0.15) is 13.2 Å². The van der Waals surface area contributed by atoms with E-state index in [0.717, 1.165) is 29.0 Å². The molecule has 1 radical (unpaired) electrons. The Kier molecular flexibility index (Phi) is 3.86. The second-order valence-electron chi connectivity index (χ2n) is 6.89. The topological polar surface area (TPSA) is 44.9 Å². The second kappa shape index (κ2) is 5.97. The second-order valence-corrected chi connectivity index (χ2v) is 6.89. The molecule has 0 bridgehead atoms. The van der Waals surface area contributed by atoms with E-state index in [1.54, 1.807) is 18.2 Å². The third-order valence-electron chi connectivity index (χ3n) is 4.72. The van der Waals surface area contributed by atoms with Crippen LogP contribution in [0, 0.1) is 12.8 Å². The van der Waals surface area contributed by atoms with Gasteiger partial charge in [0.15, 0.2) is 5.75 Å². The van der Waals surface area contributed by atoms with Gasteiger partial charge in [-0.05, 0) is 67.5 Å². The third-order valence-corrected chi connectivity index (χ3v) is 4.72. The Balaban J connectivity index is 1.73.